The van der Waals surface area contributed by atoms with Gasteiger partial charge in [0, 0.05) is 0 Å². The van der Waals surface area contributed by atoms with E-state index in [1.807, 2.05) is 0 Å². The van der Waals surface area contributed by atoms with Gasteiger partial charge in [-0.25, -0.2) is 12.8 Å². The Labute approximate surface area is 185 Å². The normalized spacial score (nSPS) is 15.5. The van der Waals surface area contributed by atoms with E-state index in [9.17, 15) is 22.4 Å². The zero-order valence-corrected chi connectivity index (χ0v) is 18.8. The lowest BCUT2D eigenvalue weighted by atomic mass is 10.1. The predicted molar refractivity (Wildman–Crippen MR) is 115 cm³/mol. The highest BCUT2D eigenvalue weighted by Crippen LogP contribution is 2.42. The highest BCUT2D eigenvalue weighted by Gasteiger charge is 2.54. The van der Waals surface area contributed by atoms with Crippen LogP contribution in [-0.4, -0.2) is 31.6 Å². The quantitative estimate of drug-likeness (QED) is 0.637. The van der Waals surface area contributed by atoms with Gasteiger partial charge in [-0.3, -0.25) is 9.59 Å². The van der Waals surface area contributed by atoms with Crippen LogP contribution in [-0.2, 0) is 24.2 Å². The number of carbonyl (C=O) groups excluding carboxylic acids is 2. The Bertz CT molecular complexity index is 1130. The predicted octanol–water partition coefficient (Wildman–Crippen LogP) is 4.36. The molecular formula is C22H23ClFNO5S. The van der Waals surface area contributed by atoms with E-state index in [-0.39, 0.29) is 28.4 Å². The van der Waals surface area contributed by atoms with Crippen molar-refractivity contribution in [3.63, 3.8) is 0 Å². The molecule has 31 heavy (non-hydrogen) atoms. The molecule has 0 aliphatic heterocycles. The van der Waals surface area contributed by atoms with Gasteiger partial charge in [0.1, 0.15) is 5.82 Å². The maximum absolute atomic E-state index is 13.5. The van der Waals surface area contributed by atoms with E-state index in [1.165, 1.54) is 6.07 Å². The van der Waals surface area contributed by atoms with Gasteiger partial charge in [0.05, 0.1) is 15.6 Å². The van der Waals surface area contributed by atoms with Crippen LogP contribution in [0.25, 0.3) is 0 Å². The Hall–Kier alpha value is -2.45. The minimum Gasteiger partial charge on any atom is -0.454 e. The van der Waals surface area contributed by atoms with E-state index < -0.39 is 38.9 Å². The largest absolute Gasteiger partial charge is 0.454 e. The molecule has 0 heterocycles. The zero-order chi connectivity index (χ0) is 22.8. The molecule has 3 rings (SSSR count). The van der Waals surface area contributed by atoms with Gasteiger partial charge < -0.3 is 10.1 Å². The molecule has 1 saturated carbocycles. The number of aryl methyl sites for hydroxylation is 2. The number of benzene rings is 2. The van der Waals surface area contributed by atoms with E-state index >= 15 is 0 Å². The van der Waals surface area contributed by atoms with E-state index in [4.69, 9.17) is 16.3 Å². The summed E-state index contributed by atoms with van der Waals surface area (Å²) in [5, 5.41) is 2.41. The minimum absolute atomic E-state index is 0.00978. The van der Waals surface area contributed by atoms with Crippen molar-refractivity contribution in [3.05, 3.63) is 58.4 Å². The summed E-state index contributed by atoms with van der Waals surface area (Å²) in [5.74, 6) is -2.21. The minimum atomic E-state index is -4.04. The molecule has 9 heteroatoms. The fraction of sp³-hybridized carbons (Fsp3) is 0.364. The zero-order valence-electron chi connectivity index (χ0n) is 17.2. The van der Waals surface area contributed by atoms with Crippen LogP contribution in [0, 0.1) is 19.7 Å². The van der Waals surface area contributed by atoms with Crippen molar-refractivity contribution < 1.29 is 27.1 Å². The lowest BCUT2D eigenvalue weighted by molar-refractivity contribution is -0.149. The number of hydrogen-bond acceptors (Lipinski definition) is 5. The topological polar surface area (TPSA) is 89.5 Å². The fourth-order valence-corrected chi connectivity index (χ4v) is 6.35. The van der Waals surface area contributed by atoms with Crippen molar-refractivity contribution in [2.75, 3.05) is 11.9 Å². The molecule has 0 radical (unpaired) electrons. The molecule has 6 nitrogen and oxygen atoms in total. The molecule has 0 unspecified atom stereocenters. The van der Waals surface area contributed by atoms with E-state index in [2.05, 4.69) is 5.32 Å². The van der Waals surface area contributed by atoms with Crippen LogP contribution in [0.4, 0.5) is 10.1 Å². The SMILES string of the molecule is Cc1ccc(C)c(S(=O)(=O)C2(C(=O)OCC(=O)Nc3ccc(F)cc3Cl)CCCC2)c1. The molecule has 1 amide bonds. The average Bonchev–Trinajstić information content (AvgIpc) is 3.22. The van der Waals surface area contributed by atoms with Gasteiger partial charge in [-0.1, -0.05) is 36.6 Å². The van der Waals surface area contributed by atoms with Gasteiger partial charge in [0.25, 0.3) is 5.91 Å². The summed E-state index contributed by atoms with van der Waals surface area (Å²) in [7, 11) is -4.04. The molecule has 1 aliphatic carbocycles. The number of hydrogen-bond donors (Lipinski definition) is 1. The monoisotopic (exact) mass is 467 g/mol. The highest BCUT2D eigenvalue weighted by atomic mass is 35.5. The molecule has 2 aromatic carbocycles. The van der Waals surface area contributed by atoms with Gasteiger partial charge in [0.15, 0.2) is 21.2 Å². The third-order valence-corrected chi connectivity index (χ3v) is 8.41. The smallest absolute Gasteiger partial charge is 0.328 e. The molecule has 1 N–H and O–H groups in total. The second kappa shape index (κ2) is 8.96. The van der Waals surface area contributed by atoms with Gasteiger partial charge in [-0.2, -0.15) is 0 Å². The van der Waals surface area contributed by atoms with Gasteiger partial charge in [-0.15, -0.1) is 0 Å². The Balaban J connectivity index is 1.79. The van der Waals surface area contributed by atoms with Crippen LogP contribution in [0.5, 0.6) is 0 Å². The summed E-state index contributed by atoms with van der Waals surface area (Å²) in [4.78, 5) is 25.3. The lowest BCUT2D eigenvalue weighted by Gasteiger charge is -2.27. The fourth-order valence-electron chi connectivity index (χ4n) is 3.78. The molecule has 2 aromatic rings. The van der Waals surface area contributed by atoms with Crippen molar-refractivity contribution in [2.45, 2.75) is 49.2 Å². The second-order valence-corrected chi connectivity index (χ2v) is 10.4. The molecule has 0 spiro atoms. The van der Waals surface area contributed by atoms with Crippen molar-refractivity contribution >= 4 is 39.0 Å². The Morgan fingerprint density at radius 3 is 2.45 bits per heavy atom. The summed E-state index contributed by atoms with van der Waals surface area (Å²) in [6.45, 7) is 2.78. The molecule has 1 aliphatic rings. The summed E-state index contributed by atoms with van der Waals surface area (Å²) in [6, 6.07) is 8.50. The summed E-state index contributed by atoms with van der Waals surface area (Å²) >= 11 is 5.88. The van der Waals surface area contributed by atoms with Crippen molar-refractivity contribution in [1.29, 1.82) is 0 Å². The molecule has 0 saturated heterocycles. The van der Waals surface area contributed by atoms with Gasteiger partial charge >= 0.3 is 5.97 Å². The second-order valence-electron chi connectivity index (χ2n) is 7.72. The maximum atomic E-state index is 13.5. The highest BCUT2D eigenvalue weighted by molar-refractivity contribution is 7.93. The Morgan fingerprint density at radius 1 is 1.13 bits per heavy atom. The third-order valence-electron chi connectivity index (χ3n) is 5.47. The van der Waals surface area contributed by atoms with Crippen LogP contribution in [0.1, 0.15) is 36.8 Å². The number of esters is 1. The van der Waals surface area contributed by atoms with Crippen LogP contribution in [0.3, 0.4) is 0 Å². The number of nitrogens with one attached hydrogen (secondary N) is 1. The van der Waals surface area contributed by atoms with Crippen molar-refractivity contribution in [1.82, 2.24) is 0 Å². The Kier molecular flexibility index (Phi) is 6.71. The van der Waals surface area contributed by atoms with E-state index in [1.54, 1.807) is 32.0 Å². The molecular weight excluding hydrogens is 445 g/mol. The average molecular weight is 468 g/mol. The van der Waals surface area contributed by atoms with Gasteiger partial charge in [0.2, 0.25) is 0 Å². The van der Waals surface area contributed by atoms with Crippen LogP contribution in [0.2, 0.25) is 5.02 Å². The number of sulfone groups is 1. The molecule has 1 fully saturated rings. The first-order chi connectivity index (χ1) is 14.6. The van der Waals surface area contributed by atoms with Crippen LogP contribution < -0.4 is 5.32 Å². The van der Waals surface area contributed by atoms with Crippen LogP contribution in [0.15, 0.2) is 41.3 Å². The number of amides is 1. The lowest BCUT2D eigenvalue weighted by Crippen LogP contribution is -2.46. The number of ether oxygens (including phenoxy) is 1. The molecule has 0 aromatic heterocycles. The maximum Gasteiger partial charge on any atom is 0.328 e. The summed E-state index contributed by atoms with van der Waals surface area (Å²) < 4.78 is 43.6. The first kappa shape index (κ1) is 23.2. The number of anilines is 1. The molecule has 0 bridgehead atoms. The van der Waals surface area contributed by atoms with Crippen LogP contribution >= 0.6 is 11.6 Å². The van der Waals surface area contributed by atoms with Crippen molar-refractivity contribution in [3.8, 4) is 0 Å². The first-order valence-electron chi connectivity index (χ1n) is 9.81. The Morgan fingerprint density at radius 2 is 1.81 bits per heavy atom. The number of halogens is 2. The van der Waals surface area contributed by atoms with Crippen molar-refractivity contribution in [2.24, 2.45) is 0 Å². The number of rotatable bonds is 6. The summed E-state index contributed by atoms with van der Waals surface area (Å²) in [6.07, 6.45) is 1.40. The third kappa shape index (κ3) is 4.60. The van der Waals surface area contributed by atoms with E-state index in [0.717, 1.165) is 17.7 Å². The summed E-state index contributed by atoms with van der Waals surface area (Å²) in [5.41, 5.74) is 1.47. The number of carbonyl (C=O) groups is 2. The standard InChI is InChI=1S/C22H23ClFNO5S/c1-14-5-6-15(2)19(11-14)31(28,29)22(9-3-4-10-22)21(27)30-13-20(26)25-18-8-7-16(24)12-17(18)23/h5-8,11-12H,3-4,9-10,13H2,1-2H3,(H,25,26). The van der Waals surface area contributed by atoms with Gasteiger partial charge in [-0.05, 0) is 62.1 Å². The molecule has 0 atom stereocenters. The van der Waals surface area contributed by atoms with E-state index in [0.29, 0.717) is 18.4 Å². The molecule has 166 valence electrons. The first-order valence-corrected chi connectivity index (χ1v) is 11.7.